The van der Waals surface area contributed by atoms with Crippen LogP contribution in [0.5, 0.6) is 0 Å². The Kier molecular flexibility index (Phi) is 4.79. The highest BCUT2D eigenvalue weighted by molar-refractivity contribution is 5.22. The molecule has 0 heterocycles. The molecule has 1 aromatic carbocycles. The Hall–Kier alpha value is -0.860. The van der Waals surface area contributed by atoms with E-state index in [1.165, 1.54) is 11.1 Å². The van der Waals surface area contributed by atoms with Gasteiger partial charge in [-0.05, 0) is 24.8 Å². The van der Waals surface area contributed by atoms with E-state index in [0.717, 1.165) is 13.0 Å². The van der Waals surface area contributed by atoms with Gasteiger partial charge in [-0.25, -0.2) is 0 Å². The van der Waals surface area contributed by atoms with Gasteiger partial charge in [-0.1, -0.05) is 36.8 Å². The lowest BCUT2D eigenvalue weighted by Gasteiger charge is -2.19. The van der Waals surface area contributed by atoms with Crippen molar-refractivity contribution < 1.29 is 4.74 Å². The van der Waals surface area contributed by atoms with Crippen LogP contribution in [0.2, 0.25) is 0 Å². The Morgan fingerprint density at radius 1 is 1.27 bits per heavy atom. The maximum Gasteiger partial charge on any atom is 0.0502 e. The van der Waals surface area contributed by atoms with Crippen LogP contribution in [0.1, 0.15) is 18.1 Å². The largest absolute Gasteiger partial charge is 0.384 e. The monoisotopic (exact) mass is 207 g/mol. The first-order valence-electron chi connectivity index (χ1n) is 5.43. The number of rotatable bonds is 5. The summed E-state index contributed by atoms with van der Waals surface area (Å²) in [6.45, 7) is 4.95. The first-order valence-corrected chi connectivity index (χ1v) is 5.43. The zero-order valence-electron chi connectivity index (χ0n) is 9.86. The average Bonchev–Trinajstić information content (AvgIpc) is 2.22. The molecular formula is C13H21NO. The van der Waals surface area contributed by atoms with E-state index in [1.807, 2.05) is 0 Å². The van der Waals surface area contributed by atoms with Crippen molar-refractivity contribution >= 4 is 0 Å². The summed E-state index contributed by atoms with van der Waals surface area (Å²) in [4.78, 5) is 0. The van der Waals surface area contributed by atoms with Gasteiger partial charge in [0.15, 0.2) is 0 Å². The maximum atomic E-state index is 6.09. The molecule has 0 radical (unpaired) electrons. The predicted octanol–water partition coefficient (Wildman–Crippen LogP) is 2.15. The highest BCUT2D eigenvalue weighted by Crippen LogP contribution is 2.10. The second-order valence-corrected chi connectivity index (χ2v) is 4.29. The van der Waals surface area contributed by atoms with E-state index >= 15 is 0 Å². The van der Waals surface area contributed by atoms with Gasteiger partial charge in [0.05, 0.1) is 6.61 Å². The lowest BCUT2D eigenvalue weighted by molar-refractivity contribution is 0.147. The van der Waals surface area contributed by atoms with Gasteiger partial charge in [0.2, 0.25) is 0 Å². The van der Waals surface area contributed by atoms with E-state index in [1.54, 1.807) is 7.11 Å². The zero-order chi connectivity index (χ0) is 11.3. The molecular weight excluding hydrogens is 186 g/mol. The van der Waals surface area contributed by atoms with Gasteiger partial charge in [0.25, 0.3) is 0 Å². The number of methoxy groups -OCH3 is 1. The minimum absolute atomic E-state index is 0.174. The lowest BCUT2D eigenvalue weighted by Crippen LogP contribution is -2.33. The molecule has 0 aliphatic heterocycles. The molecule has 2 heteroatoms. The quantitative estimate of drug-likeness (QED) is 0.803. The second kappa shape index (κ2) is 5.89. The standard InChI is InChI=1S/C13H21NO/c1-10-4-6-12(7-5-10)8-13(14)11(2)9-15-3/h4-7,11,13H,8-9,14H2,1-3H3. The van der Waals surface area contributed by atoms with E-state index in [9.17, 15) is 0 Å². The van der Waals surface area contributed by atoms with Gasteiger partial charge in [-0.15, -0.1) is 0 Å². The Labute approximate surface area is 92.4 Å². The third kappa shape index (κ3) is 4.02. The van der Waals surface area contributed by atoms with Gasteiger partial charge in [0, 0.05) is 13.2 Å². The summed E-state index contributed by atoms with van der Waals surface area (Å²) in [6.07, 6.45) is 0.921. The van der Waals surface area contributed by atoms with Crippen molar-refractivity contribution in [1.82, 2.24) is 0 Å². The number of nitrogens with two attached hydrogens (primary N) is 1. The van der Waals surface area contributed by atoms with Crippen molar-refractivity contribution in [3.8, 4) is 0 Å². The number of hydrogen-bond acceptors (Lipinski definition) is 2. The van der Waals surface area contributed by atoms with Gasteiger partial charge in [0.1, 0.15) is 0 Å². The summed E-state index contributed by atoms with van der Waals surface area (Å²) < 4.78 is 5.10. The van der Waals surface area contributed by atoms with Crippen molar-refractivity contribution in [2.24, 2.45) is 11.7 Å². The molecule has 84 valence electrons. The number of benzene rings is 1. The summed E-state index contributed by atoms with van der Waals surface area (Å²) in [5.74, 6) is 0.399. The first kappa shape index (κ1) is 12.2. The lowest BCUT2D eigenvalue weighted by atomic mass is 9.96. The number of ether oxygens (including phenoxy) is 1. The van der Waals surface area contributed by atoms with Crippen LogP contribution < -0.4 is 5.73 Å². The zero-order valence-corrected chi connectivity index (χ0v) is 9.86. The van der Waals surface area contributed by atoms with Gasteiger partial charge in [-0.3, -0.25) is 0 Å². The minimum atomic E-state index is 0.174. The molecule has 0 aromatic heterocycles. The Morgan fingerprint density at radius 2 is 1.87 bits per heavy atom. The van der Waals surface area contributed by atoms with Crippen LogP contribution in [0.3, 0.4) is 0 Å². The van der Waals surface area contributed by atoms with Crippen LogP contribution in [0.4, 0.5) is 0 Å². The van der Waals surface area contributed by atoms with E-state index in [0.29, 0.717) is 5.92 Å². The first-order chi connectivity index (χ1) is 7.13. The van der Waals surface area contributed by atoms with E-state index in [2.05, 4.69) is 38.1 Å². The average molecular weight is 207 g/mol. The van der Waals surface area contributed by atoms with Crippen LogP contribution in [0.25, 0.3) is 0 Å². The summed E-state index contributed by atoms with van der Waals surface area (Å²) in [7, 11) is 1.72. The Morgan fingerprint density at radius 3 is 2.40 bits per heavy atom. The van der Waals surface area contributed by atoms with Gasteiger partial charge in [-0.2, -0.15) is 0 Å². The smallest absolute Gasteiger partial charge is 0.0502 e. The predicted molar refractivity (Wildman–Crippen MR) is 63.9 cm³/mol. The fourth-order valence-electron chi connectivity index (χ4n) is 1.58. The van der Waals surface area contributed by atoms with Crippen LogP contribution in [-0.4, -0.2) is 19.8 Å². The van der Waals surface area contributed by atoms with Crippen molar-refractivity contribution in [3.63, 3.8) is 0 Å². The normalized spacial score (nSPS) is 14.9. The molecule has 2 N–H and O–H groups in total. The van der Waals surface area contributed by atoms with Gasteiger partial charge < -0.3 is 10.5 Å². The molecule has 2 unspecified atom stereocenters. The third-order valence-corrected chi connectivity index (χ3v) is 2.75. The van der Waals surface area contributed by atoms with E-state index in [-0.39, 0.29) is 6.04 Å². The summed E-state index contributed by atoms with van der Waals surface area (Å²) >= 11 is 0. The molecule has 0 amide bonds. The van der Waals surface area contributed by atoms with Crippen LogP contribution in [0, 0.1) is 12.8 Å². The topological polar surface area (TPSA) is 35.2 Å². The highest BCUT2D eigenvalue weighted by Gasteiger charge is 2.12. The highest BCUT2D eigenvalue weighted by atomic mass is 16.5. The molecule has 0 bridgehead atoms. The molecule has 0 fully saturated rings. The fraction of sp³-hybridized carbons (Fsp3) is 0.538. The molecule has 0 saturated heterocycles. The molecule has 0 aliphatic rings. The molecule has 0 aliphatic carbocycles. The minimum Gasteiger partial charge on any atom is -0.384 e. The molecule has 1 aromatic rings. The van der Waals surface area contributed by atoms with Crippen molar-refractivity contribution in [1.29, 1.82) is 0 Å². The van der Waals surface area contributed by atoms with Crippen LogP contribution in [0.15, 0.2) is 24.3 Å². The maximum absolute atomic E-state index is 6.09. The van der Waals surface area contributed by atoms with Gasteiger partial charge >= 0.3 is 0 Å². The van der Waals surface area contributed by atoms with Crippen LogP contribution in [-0.2, 0) is 11.2 Å². The van der Waals surface area contributed by atoms with Crippen molar-refractivity contribution in [2.75, 3.05) is 13.7 Å². The van der Waals surface area contributed by atoms with Crippen molar-refractivity contribution in [3.05, 3.63) is 35.4 Å². The van der Waals surface area contributed by atoms with E-state index in [4.69, 9.17) is 10.5 Å². The van der Waals surface area contributed by atoms with Crippen LogP contribution >= 0.6 is 0 Å². The fourth-order valence-corrected chi connectivity index (χ4v) is 1.58. The summed E-state index contributed by atoms with van der Waals surface area (Å²) in [6, 6.07) is 8.72. The summed E-state index contributed by atoms with van der Waals surface area (Å²) in [5.41, 5.74) is 8.68. The molecule has 0 saturated carbocycles. The summed E-state index contributed by atoms with van der Waals surface area (Å²) in [5, 5.41) is 0. The third-order valence-electron chi connectivity index (χ3n) is 2.75. The Bertz CT molecular complexity index is 281. The molecule has 2 nitrogen and oxygen atoms in total. The molecule has 2 atom stereocenters. The molecule has 15 heavy (non-hydrogen) atoms. The SMILES string of the molecule is COCC(C)C(N)Cc1ccc(C)cc1. The second-order valence-electron chi connectivity index (χ2n) is 4.29. The number of hydrogen-bond donors (Lipinski definition) is 1. The molecule has 0 spiro atoms. The van der Waals surface area contributed by atoms with E-state index < -0.39 is 0 Å². The Balaban J connectivity index is 2.50. The number of aryl methyl sites for hydroxylation is 1. The van der Waals surface area contributed by atoms with Crippen molar-refractivity contribution in [2.45, 2.75) is 26.3 Å². The molecule has 1 rings (SSSR count).